The van der Waals surface area contributed by atoms with E-state index in [1.165, 1.54) is 0 Å². The van der Waals surface area contributed by atoms with Crippen molar-refractivity contribution in [2.45, 2.75) is 18.7 Å². The van der Waals surface area contributed by atoms with Crippen molar-refractivity contribution in [1.82, 2.24) is 5.32 Å². The van der Waals surface area contributed by atoms with Crippen molar-refractivity contribution in [2.75, 3.05) is 6.54 Å². The number of benzene rings is 1. The molecule has 0 saturated carbocycles. The van der Waals surface area contributed by atoms with Crippen LogP contribution in [0, 0.1) is 11.7 Å². The van der Waals surface area contributed by atoms with Gasteiger partial charge in [0, 0.05) is 17.2 Å². The molecule has 1 rings (SSSR count). The average molecular weight is 328 g/mol. The fourth-order valence-corrected chi connectivity index (χ4v) is 2.23. The van der Waals surface area contributed by atoms with Crippen molar-refractivity contribution in [2.24, 2.45) is 5.92 Å². The third-order valence-corrected chi connectivity index (χ3v) is 3.92. The van der Waals surface area contributed by atoms with Crippen LogP contribution in [0.3, 0.4) is 0 Å². The van der Waals surface area contributed by atoms with Gasteiger partial charge in [0.2, 0.25) is 0 Å². The van der Waals surface area contributed by atoms with Crippen LogP contribution in [0.5, 0.6) is 0 Å². The standard InChI is InChI=1S/C11H12Cl2FNO3S/c1-6(2)5-15-11(16)8-3-7(19(13,17)18)4-9(14)10(8)12/h3-4,6H,5H2,1-2H3,(H,15,16). The van der Waals surface area contributed by atoms with Gasteiger partial charge in [-0.05, 0) is 18.1 Å². The van der Waals surface area contributed by atoms with Gasteiger partial charge in [0.25, 0.3) is 15.0 Å². The third-order valence-electron chi connectivity index (χ3n) is 2.20. The van der Waals surface area contributed by atoms with E-state index in [4.69, 9.17) is 22.3 Å². The smallest absolute Gasteiger partial charge is 0.261 e. The number of amides is 1. The summed E-state index contributed by atoms with van der Waals surface area (Å²) < 4.78 is 35.8. The molecule has 0 saturated heterocycles. The van der Waals surface area contributed by atoms with Crippen LogP contribution in [0.2, 0.25) is 5.02 Å². The van der Waals surface area contributed by atoms with Gasteiger partial charge in [0.1, 0.15) is 5.82 Å². The molecule has 1 N–H and O–H groups in total. The van der Waals surface area contributed by atoms with Gasteiger partial charge in [-0.1, -0.05) is 25.4 Å². The number of halogens is 3. The summed E-state index contributed by atoms with van der Waals surface area (Å²) in [5.74, 6) is -1.48. The molecular weight excluding hydrogens is 316 g/mol. The molecule has 0 aromatic heterocycles. The van der Waals surface area contributed by atoms with E-state index in [9.17, 15) is 17.6 Å². The van der Waals surface area contributed by atoms with Crippen molar-refractivity contribution >= 4 is 37.2 Å². The summed E-state index contributed by atoms with van der Waals surface area (Å²) in [5.41, 5.74) is -0.262. The second-order valence-electron chi connectivity index (χ2n) is 4.31. The normalized spacial score (nSPS) is 11.7. The van der Waals surface area contributed by atoms with Crippen LogP contribution in [-0.4, -0.2) is 20.9 Å². The SMILES string of the molecule is CC(C)CNC(=O)c1cc(S(=O)(=O)Cl)cc(F)c1Cl. The Morgan fingerprint density at radius 1 is 1.42 bits per heavy atom. The number of rotatable bonds is 4. The highest BCUT2D eigenvalue weighted by Crippen LogP contribution is 2.26. The minimum Gasteiger partial charge on any atom is -0.352 e. The first-order valence-corrected chi connectivity index (χ1v) is 8.03. The molecule has 1 aromatic rings. The van der Waals surface area contributed by atoms with E-state index in [0.29, 0.717) is 12.6 Å². The summed E-state index contributed by atoms with van der Waals surface area (Å²) in [6.45, 7) is 4.11. The zero-order valence-electron chi connectivity index (χ0n) is 10.2. The van der Waals surface area contributed by atoms with E-state index >= 15 is 0 Å². The summed E-state index contributed by atoms with van der Waals surface area (Å²) in [5, 5.41) is 2.08. The highest BCUT2D eigenvalue weighted by molar-refractivity contribution is 8.13. The Hall–Kier alpha value is -0.850. The Bertz CT molecular complexity index is 602. The fraction of sp³-hybridized carbons (Fsp3) is 0.364. The maximum atomic E-state index is 13.5. The predicted octanol–water partition coefficient (Wildman–Crippen LogP) is 2.79. The van der Waals surface area contributed by atoms with Gasteiger partial charge in [-0.2, -0.15) is 0 Å². The predicted molar refractivity (Wildman–Crippen MR) is 71.6 cm³/mol. The van der Waals surface area contributed by atoms with Crippen LogP contribution in [-0.2, 0) is 9.05 Å². The topological polar surface area (TPSA) is 63.2 Å². The number of nitrogens with one attached hydrogen (secondary N) is 1. The van der Waals surface area contributed by atoms with Crippen molar-refractivity contribution in [3.05, 3.63) is 28.5 Å². The molecule has 0 aliphatic rings. The molecule has 4 nitrogen and oxygen atoms in total. The molecule has 0 aliphatic heterocycles. The second kappa shape index (κ2) is 6.07. The Balaban J connectivity index is 3.20. The van der Waals surface area contributed by atoms with Crippen molar-refractivity contribution in [3.63, 3.8) is 0 Å². The molecule has 0 radical (unpaired) electrons. The van der Waals surface area contributed by atoms with E-state index in [0.717, 1.165) is 6.07 Å². The molecule has 8 heteroatoms. The molecule has 0 spiro atoms. The molecule has 106 valence electrons. The summed E-state index contributed by atoms with van der Waals surface area (Å²) >= 11 is 5.65. The van der Waals surface area contributed by atoms with Gasteiger partial charge >= 0.3 is 0 Å². The van der Waals surface area contributed by atoms with Crippen molar-refractivity contribution in [1.29, 1.82) is 0 Å². The van der Waals surface area contributed by atoms with Gasteiger partial charge in [-0.15, -0.1) is 0 Å². The number of carbonyl (C=O) groups is 1. The Kier molecular flexibility index (Phi) is 5.18. The second-order valence-corrected chi connectivity index (χ2v) is 7.25. The Morgan fingerprint density at radius 3 is 2.47 bits per heavy atom. The third kappa shape index (κ3) is 4.33. The monoisotopic (exact) mass is 327 g/mol. The summed E-state index contributed by atoms with van der Waals surface area (Å²) in [6, 6.07) is 1.62. The maximum absolute atomic E-state index is 13.5. The highest BCUT2D eigenvalue weighted by Gasteiger charge is 2.20. The quantitative estimate of drug-likeness (QED) is 0.865. The van der Waals surface area contributed by atoms with E-state index in [2.05, 4.69) is 5.32 Å². The van der Waals surface area contributed by atoms with Gasteiger partial charge in [0.05, 0.1) is 15.5 Å². The number of hydrogen-bond donors (Lipinski definition) is 1. The van der Waals surface area contributed by atoms with Crippen LogP contribution in [0.4, 0.5) is 4.39 Å². The van der Waals surface area contributed by atoms with Gasteiger partial charge < -0.3 is 5.32 Å². The minimum atomic E-state index is -4.14. The first-order valence-electron chi connectivity index (χ1n) is 5.35. The lowest BCUT2D eigenvalue weighted by molar-refractivity contribution is 0.0948. The van der Waals surface area contributed by atoms with Crippen LogP contribution in [0.25, 0.3) is 0 Å². The number of carbonyl (C=O) groups excluding carboxylic acids is 1. The lowest BCUT2D eigenvalue weighted by Crippen LogP contribution is -2.27. The summed E-state index contributed by atoms with van der Waals surface area (Å²) in [4.78, 5) is 11.3. The van der Waals surface area contributed by atoms with Gasteiger partial charge in [-0.25, -0.2) is 12.8 Å². The molecular formula is C11H12Cl2FNO3S. The van der Waals surface area contributed by atoms with Gasteiger partial charge in [0.15, 0.2) is 0 Å². The first kappa shape index (κ1) is 16.2. The lowest BCUT2D eigenvalue weighted by Gasteiger charge is -2.10. The largest absolute Gasteiger partial charge is 0.352 e. The van der Waals surface area contributed by atoms with Gasteiger partial charge in [-0.3, -0.25) is 4.79 Å². The molecule has 1 amide bonds. The van der Waals surface area contributed by atoms with E-state index in [-0.39, 0.29) is 11.5 Å². The molecule has 19 heavy (non-hydrogen) atoms. The van der Waals surface area contributed by atoms with Crippen LogP contribution in [0.15, 0.2) is 17.0 Å². The van der Waals surface area contributed by atoms with Crippen molar-refractivity contribution < 1.29 is 17.6 Å². The number of hydrogen-bond acceptors (Lipinski definition) is 3. The maximum Gasteiger partial charge on any atom is 0.261 e. The summed E-state index contributed by atoms with van der Waals surface area (Å²) in [7, 11) is 0.982. The van der Waals surface area contributed by atoms with Crippen LogP contribution >= 0.6 is 22.3 Å². The molecule has 0 atom stereocenters. The zero-order chi connectivity index (χ0) is 14.8. The minimum absolute atomic E-state index is 0.188. The molecule has 1 aromatic carbocycles. The zero-order valence-corrected chi connectivity index (χ0v) is 12.5. The molecule has 0 bridgehead atoms. The van der Waals surface area contributed by atoms with Crippen molar-refractivity contribution in [3.8, 4) is 0 Å². The Labute approximate surface area is 120 Å². The van der Waals surface area contributed by atoms with E-state index < -0.39 is 30.7 Å². The fourth-order valence-electron chi connectivity index (χ4n) is 1.26. The van der Waals surface area contributed by atoms with Crippen LogP contribution < -0.4 is 5.32 Å². The summed E-state index contributed by atoms with van der Waals surface area (Å²) in [6.07, 6.45) is 0. The Morgan fingerprint density at radius 2 is 2.00 bits per heavy atom. The molecule has 0 fully saturated rings. The molecule has 0 unspecified atom stereocenters. The molecule has 0 aliphatic carbocycles. The average Bonchev–Trinajstić information content (AvgIpc) is 2.27. The van der Waals surface area contributed by atoms with Crippen LogP contribution in [0.1, 0.15) is 24.2 Å². The first-order chi connectivity index (χ1) is 8.62. The van der Waals surface area contributed by atoms with E-state index in [1.54, 1.807) is 0 Å². The molecule has 0 heterocycles. The lowest BCUT2D eigenvalue weighted by atomic mass is 10.2. The van der Waals surface area contributed by atoms with E-state index in [1.807, 2.05) is 13.8 Å². The highest BCUT2D eigenvalue weighted by atomic mass is 35.7.